The van der Waals surface area contributed by atoms with Crippen LogP contribution in [0.2, 0.25) is 0 Å². The molecule has 45 heavy (non-hydrogen) atoms. The first-order valence-electron chi connectivity index (χ1n) is 19.4. The maximum absolute atomic E-state index is 12.2. The Balaban J connectivity index is 3.55. The maximum Gasteiger partial charge on any atom is 0.306 e. The first-order chi connectivity index (χ1) is 22.1. The third-order valence-corrected chi connectivity index (χ3v) is 8.50. The van der Waals surface area contributed by atoms with Crippen molar-refractivity contribution in [2.45, 2.75) is 206 Å². The number of hydrogen-bond acceptors (Lipinski definition) is 5. The molecule has 0 fully saturated rings. The van der Waals surface area contributed by atoms with Crippen LogP contribution in [0.4, 0.5) is 0 Å². The third kappa shape index (κ3) is 35.1. The zero-order valence-electron chi connectivity index (χ0n) is 29.9. The van der Waals surface area contributed by atoms with Crippen LogP contribution < -0.4 is 0 Å². The summed E-state index contributed by atoms with van der Waals surface area (Å²) < 4.78 is 10.6. The fourth-order valence-corrected chi connectivity index (χ4v) is 5.53. The Morgan fingerprint density at radius 2 is 0.889 bits per heavy atom. The highest BCUT2D eigenvalue weighted by Gasteiger charge is 2.16. The number of ether oxygens (including phenoxy) is 2. The van der Waals surface area contributed by atoms with Crippen LogP contribution in [0, 0.1) is 0 Å². The number of allylic oxidation sites excluding steroid dienone is 4. The van der Waals surface area contributed by atoms with Crippen molar-refractivity contribution in [1.82, 2.24) is 0 Å². The van der Waals surface area contributed by atoms with Crippen molar-refractivity contribution in [2.24, 2.45) is 0 Å². The summed E-state index contributed by atoms with van der Waals surface area (Å²) >= 11 is 0. The Bertz CT molecular complexity index is 686. The quantitative estimate of drug-likeness (QED) is 0.0426. The van der Waals surface area contributed by atoms with Crippen LogP contribution in [0.3, 0.4) is 0 Å². The van der Waals surface area contributed by atoms with Crippen molar-refractivity contribution in [1.29, 1.82) is 0 Å². The van der Waals surface area contributed by atoms with E-state index < -0.39 is 6.10 Å². The molecule has 0 amide bonds. The van der Waals surface area contributed by atoms with Gasteiger partial charge >= 0.3 is 11.9 Å². The standard InChI is InChI=1S/C40H74O5/c1-3-5-7-9-11-13-15-17-19-20-21-23-25-27-29-31-33-35-40(43)45-38(36-41)37-44-39(42)34-32-30-28-26-24-22-18-16-14-12-10-8-6-4-2/h11,13,17,19,38,41H,3-10,12,14-16,18,20-37H2,1-2H3/b13-11-,19-17-. The molecule has 5 heteroatoms. The second-order valence-corrected chi connectivity index (χ2v) is 13.0. The van der Waals surface area contributed by atoms with E-state index in [0.717, 1.165) is 51.4 Å². The molecule has 0 rings (SSSR count). The van der Waals surface area contributed by atoms with Crippen molar-refractivity contribution in [2.75, 3.05) is 13.2 Å². The molecule has 0 bridgehead atoms. The lowest BCUT2D eigenvalue weighted by atomic mass is 10.0. The minimum Gasteiger partial charge on any atom is -0.462 e. The normalized spacial score (nSPS) is 12.3. The predicted molar refractivity (Wildman–Crippen MR) is 191 cm³/mol. The van der Waals surface area contributed by atoms with Gasteiger partial charge in [-0.05, 0) is 44.9 Å². The van der Waals surface area contributed by atoms with Crippen LogP contribution in [-0.2, 0) is 19.1 Å². The van der Waals surface area contributed by atoms with E-state index in [1.807, 2.05) is 0 Å². The third-order valence-electron chi connectivity index (χ3n) is 8.50. The lowest BCUT2D eigenvalue weighted by molar-refractivity contribution is -0.161. The molecule has 264 valence electrons. The van der Waals surface area contributed by atoms with Crippen molar-refractivity contribution >= 4 is 11.9 Å². The van der Waals surface area contributed by atoms with E-state index in [-0.39, 0.29) is 25.2 Å². The van der Waals surface area contributed by atoms with Gasteiger partial charge in [0.1, 0.15) is 6.61 Å². The van der Waals surface area contributed by atoms with Crippen molar-refractivity contribution in [3.8, 4) is 0 Å². The largest absolute Gasteiger partial charge is 0.462 e. The van der Waals surface area contributed by atoms with Gasteiger partial charge in [0.05, 0.1) is 6.61 Å². The van der Waals surface area contributed by atoms with Gasteiger partial charge in [-0.25, -0.2) is 0 Å². The molecule has 0 aromatic heterocycles. The molecule has 1 N–H and O–H groups in total. The van der Waals surface area contributed by atoms with Crippen LogP contribution in [-0.4, -0.2) is 36.4 Å². The molecule has 0 aliphatic rings. The average molecular weight is 635 g/mol. The SMILES string of the molecule is CCCCC/C=C\C/C=C\CCCCCCCCCC(=O)OC(CO)COC(=O)CCCCCCCCCCCCCCCC. The highest BCUT2D eigenvalue weighted by molar-refractivity contribution is 5.70. The number of unbranched alkanes of at least 4 members (excludes halogenated alkanes) is 23. The lowest BCUT2D eigenvalue weighted by Gasteiger charge is -2.15. The second kappa shape index (κ2) is 36.8. The van der Waals surface area contributed by atoms with Gasteiger partial charge in [-0.15, -0.1) is 0 Å². The molecule has 5 nitrogen and oxygen atoms in total. The molecule has 0 aliphatic carbocycles. The van der Waals surface area contributed by atoms with Crippen LogP contribution in [0.5, 0.6) is 0 Å². The number of esters is 2. The summed E-state index contributed by atoms with van der Waals surface area (Å²) in [5, 5.41) is 9.54. The molecule has 0 aromatic carbocycles. The van der Waals surface area contributed by atoms with Gasteiger partial charge in [0.2, 0.25) is 0 Å². The molecule has 0 aliphatic heterocycles. The molecular weight excluding hydrogens is 560 g/mol. The summed E-state index contributed by atoms with van der Waals surface area (Å²) in [7, 11) is 0. The van der Waals surface area contributed by atoms with Gasteiger partial charge in [-0.1, -0.05) is 167 Å². The van der Waals surface area contributed by atoms with Gasteiger partial charge in [-0.3, -0.25) is 9.59 Å². The highest BCUT2D eigenvalue weighted by Crippen LogP contribution is 2.14. The summed E-state index contributed by atoms with van der Waals surface area (Å²) in [6, 6.07) is 0. The van der Waals surface area contributed by atoms with Crippen LogP contribution >= 0.6 is 0 Å². The Morgan fingerprint density at radius 1 is 0.511 bits per heavy atom. The van der Waals surface area contributed by atoms with Crippen LogP contribution in [0.25, 0.3) is 0 Å². The summed E-state index contributed by atoms with van der Waals surface area (Å²) in [5.41, 5.74) is 0. The number of hydrogen-bond donors (Lipinski definition) is 1. The van der Waals surface area contributed by atoms with Gasteiger partial charge < -0.3 is 14.6 Å². The smallest absolute Gasteiger partial charge is 0.306 e. The van der Waals surface area contributed by atoms with Crippen molar-refractivity contribution in [3.05, 3.63) is 24.3 Å². The van der Waals surface area contributed by atoms with Gasteiger partial charge in [-0.2, -0.15) is 0 Å². The van der Waals surface area contributed by atoms with Crippen molar-refractivity contribution in [3.63, 3.8) is 0 Å². The maximum atomic E-state index is 12.2. The van der Waals surface area contributed by atoms with Gasteiger partial charge in [0.25, 0.3) is 0 Å². The van der Waals surface area contributed by atoms with E-state index in [2.05, 4.69) is 38.2 Å². The number of aliphatic hydroxyl groups excluding tert-OH is 1. The molecule has 0 saturated carbocycles. The van der Waals surface area contributed by atoms with Gasteiger partial charge in [0, 0.05) is 12.8 Å². The number of carbonyl (C=O) groups is 2. The fraction of sp³-hybridized carbons (Fsp3) is 0.850. The fourth-order valence-electron chi connectivity index (χ4n) is 5.53. The summed E-state index contributed by atoms with van der Waals surface area (Å²) in [5.74, 6) is -0.593. The topological polar surface area (TPSA) is 72.8 Å². The minimum absolute atomic E-state index is 0.0649. The number of aliphatic hydroxyl groups is 1. The Labute approximate surface area is 279 Å². The highest BCUT2D eigenvalue weighted by atomic mass is 16.6. The molecule has 0 radical (unpaired) electrons. The van der Waals surface area contributed by atoms with E-state index in [1.54, 1.807) is 0 Å². The molecule has 0 heterocycles. The number of carbonyl (C=O) groups excluding carboxylic acids is 2. The Hall–Kier alpha value is -1.62. The van der Waals surface area contributed by atoms with Crippen molar-refractivity contribution < 1.29 is 24.2 Å². The monoisotopic (exact) mass is 635 g/mol. The molecule has 0 saturated heterocycles. The molecule has 1 unspecified atom stereocenters. The van der Waals surface area contributed by atoms with E-state index in [0.29, 0.717) is 12.8 Å². The number of rotatable bonds is 35. The minimum atomic E-state index is -0.770. The lowest BCUT2D eigenvalue weighted by Crippen LogP contribution is -2.28. The summed E-state index contributed by atoms with van der Waals surface area (Å²) in [6.45, 7) is 4.11. The van der Waals surface area contributed by atoms with E-state index in [9.17, 15) is 14.7 Å². The summed E-state index contributed by atoms with van der Waals surface area (Å²) in [6.07, 6.45) is 42.3. The Kier molecular flexibility index (Phi) is 35.5. The second-order valence-electron chi connectivity index (χ2n) is 13.0. The summed E-state index contributed by atoms with van der Waals surface area (Å²) in [4.78, 5) is 24.2. The average Bonchev–Trinajstić information content (AvgIpc) is 3.04. The predicted octanol–water partition coefficient (Wildman–Crippen LogP) is 11.9. The van der Waals surface area contributed by atoms with Gasteiger partial charge in [0.15, 0.2) is 6.10 Å². The van der Waals surface area contributed by atoms with E-state index >= 15 is 0 Å². The first kappa shape index (κ1) is 43.4. The first-order valence-corrected chi connectivity index (χ1v) is 19.4. The van der Waals surface area contributed by atoms with Crippen LogP contribution in [0.1, 0.15) is 200 Å². The Morgan fingerprint density at radius 3 is 1.36 bits per heavy atom. The molecule has 0 aromatic rings. The molecular formula is C40H74O5. The van der Waals surface area contributed by atoms with Crippen LogP contribution in [0.15, 0.2) is 24.3 Å². The zero-order valence-corrected chi connectivity index (χ0v) is 29.9. The molecule has 1 atom stereocenters. The molecule has 0 spiro atoms. The zero-order chi connectivity index (χ0) is 32.9. The van der Waals surface area contributed by atoms with E-state index in [1.165, 1.54) is 122 Å². The van der Waals surface area contributed by atoms with E-state index in [4.69, 9.17) is 9.47 Å².